The van der Waals surface area contributed by atoms with Crippen LogP contribution in [-0.2, 0) is 16.2 Å². The lowest BCUT2D eigenvalue weighted by Gasteiger charge is -2.09. The summed E-state index contributed by atoms with van der Waals surface area (Å²) < 4.78 is 19.4. The highest BCUT2D eigenvalue weighted by Gasteiger charge is 2.14. The minimum Gasteiger partial charge on any atom is -0.489 e. The average Bonchev–Trinajstić information content (AvgIpc) is 2.79. The van der Waals surface area contributed by atoms with Crippen LogP contribution >= 0.6 is 11.6 Å². The molecule has 0 atom stereocenters. The van der Waals surface area contributed by atoms with E-state index in [0.29, 0.717) is 27.7 Å². The molecule has 2 N–H and O–H groups in total. The van der Waals surface area contributed by atoms with Crippen LogP contribution in [0.15, 0.2) is 65.8 Å². The van der Waals surface area contributed by atoms with Gasteiger partial charge in [-0.1, -0.05) is 23.7 Å². The van der Waals surface area contributed by atoms with Crippen LogP contribution < -0.4 is 15.5 Å². The van der Waals surface area contributed by atoms with Crippen molar-refractivity contribution in [3.8, 4) is 5.75 Å². The van der Waals surface area contributed by atoms with Gasteiger partial charge < -0.3 is 10.1 Å². The van der Waals surface area contributed by atoms with E-state index in [2.05, 4.69) is 15.8 Å². The van der Waals surface area contributed by atoms with E-state index in [9.17, 15) is 14.0 Å². The van der Waals surface area contributed by atoms with Gasteiger partial charge in [-0.2, -0.15) is 5.10 Å². The number of carbonyl (C=O) groups excluding carboxylic acids is 2. The number of hydrogen-bond donors (Lipinski definition) is 2. The maximum Gasteiger partial charge on any atom is 0.329 e. The number of carbonyl (C=O) groups is 2. The van der Waals surface area contributed by atoms with Gasteiger partial charge in [-0.15, -0.1) is 0 Å². The molecule has 3 rings (SSSR count). The normalized spacial score (nSPS) is 11.1. The SMILES string of the molecule is CC(=NNC(=O)C(=O)Nc1ccc(C)c(C)c1)c1ccc(OCc2c(F)cccc2Cl)cc1. The number of hydrogen-bond acceptors (Lipinski definition) is 4. The van der Waals surface area contributed by atoms with Crippen molar-refractivity contribution in [1.82, 2.24) is 5.43 Å². The van der Waals surface area contributed by atoms with Gasteiger partial charge in [-0.05, 0) is 86.0 Å². The fraction of sp³-hybridized carbons (Fsp3) is 0.160. The van der Waals surface area contributed by atoms with E-state index in [1.165, 1.54) is 12.1 Å². The van der Waals surface area contributed by atoms with E-state index in [0.717, 1.165) is 11.1 Å². The van der Waals surface area contributed by atoms with E-state index in [1.807, 2.05) is 19.9 Å². The molecular weight excluding hydrogens is 445 g/mol. The number of aryl methyl sites for hydroxylation is 2. The Balaban J connectivity index is 1.56. The lowest BCUT2D eigenvalue weighted by atomic mass is 10.1. The van der Waals surface area contributed by atoms with Crippen molar-refractivity contribution >= 4 is 34.8 Å². The second kappa shape index (κ2) is 10.7. The zero-order valence-electron chi connectivity index (χ0n) is 18.4. The molecule has 0 aromatic heterocycles. The number of rotatable bonds is 6. The number of nitrogens with one attached hydrogen (secondary N) is 2. The van der Waals surface area contributed by atoms with Gasteiger partial charge in [0.05, 0.1) is 10.7 Å². The molecule has 0 aliphatic rings. The van der Waals surface area contributed by atoms with Crippen LogP contribution in [0.25, 0.3) is 0 Å². The van der Waals surface area contributed by atoms with Crippen LogP contribution in [0.2, 0.25) is 5.02 Å². The fourth-order valence-corrected chi connectivity index (χ4v) is 3.09. The Bertz CT molecular complexity index is 1190. The quantitative estimate of drug-likeness (QED) is 0.299. The second-order valence-corrected chi connectivity index (χ2v) is 7.81. The second-order valence-electron chi connectivity index (χ2n) is 7.40. The molecular formula is C25H23ClFN3O3. The molecule has 0 saturated carbocycles. The number of hydrazone groups is 1. The minimum absolute atomic E-state index is 0.0103. The summed E-state index contributed by atoms with van der Waals surface area (Å²) >= 11 is 6.00. The predicted octanol–water partition coefficient (Wildman–Crippen LogP) is 5.15. The first-order chi connectivity index (χ1) is 15.7. The molecule has 0 fully saturated rings. The van der Waals surface area contributed by atoms with E-state index < -0.39 is 17.6 Å². The third kappa shape index (κ3) is 6.40. The van der Waals surface area contributed by atoms with Crippen molar-refractivity contribution < 1.29 is 18.7 Å². The number of amides is 2. The van der Waals surface area contributed by atoms with Crippen molar-refractivity contribution in [2.75, 3.05) is 5.32 Å². The van der Waals surface area contributed by atoms with Crippen LogP contribution in [-0.4, -0.2) is 17.5 Å². The van der Waals surface area contributed by atoms with Crippen LogP contribution in [0, 0.1) is 19.7 Å². The molecule has 0 heterocycles. The Kier molecular flexibility index (Phi) is 7.79. The average molecular weight is 468 g/mol. The zero-order chi connectivity index (χ0) is 24.0. The molecule has 0 unspecified atom stereocenters. The molecule has 8 heteroatoms. The summed E-state index contributed by atoms with van der Waals surface area (Å²) in [5.41, 5.74) is 6.36. The number of anilines is 1. The molecule has 3 aromatic rings. The van der Waals surface area contributed by atoms with Gasteiger partial charge in [0.2, 0.25) is 0 Å². The largest absolute Gasteiger partial charge is 0.489 e. The van der Waals surface area contributed by atoms with Gasteiger partial charge >= 0.3 is 11.8 Å². The standard InChI is InChI=1S/C25H23ClFN3O3/c1-15-7-10-19(13-16(15)2)28-24(31)25(32)30-29-17(3)18-8-11-20(12-9-18)33-14-21-22(26)5-4-6-23(21)27/h4-13H,14H2,1-3H3,(H,28,31)(H,30,32). The van der Waals surface area contributed by atoms with Crippen LogP contribution in [0.3, 0.4) is 0 Å². The highest BCUT2D eigenvalue weighted by atomic mass is 35.5. The third-order valence-electron chi connectivity index (χ3n) is 5.01. The van der Waals surface area contributed by atoms with Gasteiger partial charge in [-0.3, -0.25) is 9.59 Å². The molecule has 0 bridgehead atoms. The smallest absolute Gasteiger partial charge is 0.329 e. The van der Waals surface area contributed by atoms with E-state index in [4.69, 9.17) is 16.3 Å². The Hall–Kier alpha value is -3.71. The summed E-state index contributed by atoms with van der Waals surface area (Å²) in [5.74, 6) is -1.61. The Morgan fingerprint density at radius 2 is 1.73 bits per heavy atom. The summed E-state index contributed by atoms with van der Waals surface area (Å²) in [6.45, 7) is 5.56. The molecule has 2 amide bonds. The maximum absolute atomic E-state index is 13.8. The van der Waals surface area contributed by atoms with Crippen molar-refractivity contribution in [3.63, 3.8) is 0 Å². The fourth-order valence-electron chi connectivity index (χ4n) is 2.88. The first-order valence-corrected chi connectivity index (χ1v) is 10.5. The van der Waals surface area contributed by atoms with Crippen LogP contribution in [0.1, 0.15) is 29.2 Å². The molecule has 33 heavy (non-hydrogen) atoms. The van der Waals surface area contributed by atoms with Crippen molar-refractivity contribution in [1.29, 1.82) is 0 Å². The van der Waals surface area contributed by atoms with Crippen LogP contribution in [0.5, 0.6) is 5.75 Å². The lowest BCUT2D eigenvalue weighted by Crippen LogP contribution is -2.33. The molecule has 0 radical (unpaired) electrons. The summed E-state index contributed by atoms with van der Waals surface area (Å²) in [5, 5.41) is 6.82. The van der Waals surface area contributed by atoms with Crippen molar-refractivity contribution in [2.45, 2.75) is 27.4 Å². The monoisotopic (exact) mass is 467 g/mol. The summed E-state index contributed by atoms with van der Waals surface area (Å²) in [6.07, 6.45) is 0. The summed E-state index contributed by atoms with van der Waals surface area (Å²) in [6, 6.07) is 16.7. The minimum atomic E-state index is -0.880. The Morgan fingerprint density at radius 3 is 2.39 bits per heavy atom. The van der Waals surface area contributed by atoms with Crippen molar-refractivity contribution in [2.24, 2.45) is 5.10 Å². The highest BCUT2D eigenvalue weighted by molar-refractivity contribution is 6.39. The first-order valence-electron chi connectivity index (χ1n) is 10.1. The van der Waals surface area contributed by atoms with E-state index in [-0.39, 0.29) is 12.2 Å². The zero-order valence-corrected chi connectivity index (χ0v) is 19.2. The molecule has 0 spiro atoms. The van der Waals surface area contributed by atoms with Gasteiger partial charge in [0.1, 0.15) is 18.2 Å². The van der Waals surface area contributed by atoms with Gasteiger partial charge in [-0.25, -0.2) is 9.82 Å². The number of ether oxygens (including phenoxy) is 1. The van der Waals surface area contributed by atoms with Gasteiger partial charge in [0, 0.05) is 11.3 Å². The molecule has 170 valence electrons. The van der Waals surface area contributed by atoms with Crippen LogP contribution in [0.4, 0.5) is 10.1 Å². The molecule has 6 nitrogen and oxygen atoms in total. The third-order valence-corrected chi connectivity index (χ3v) is 5.37. The Labute approximate surface area is 196 Å². The topological polar surface area (TPSA) is 79.8 Å². The summed E-state index contributed by atoms with van der Waals surface area (Å²) in [7, 11) is 0. The Morgan fingerprint density at radius 1 is 1.00 bits per heavy atom. The molecule has 0 saturated heterocycles. The first kappa shape index (κ1) is 23.9. The summed E-state index contributed by atoms with van der Waals surface area (Å²) in [4.78, 5) is 24.2. The molecule has 3 aromatic carbocycles. The molecule has 0 aliphatic heterocycles. The number of benzene rings is 3. The van der Waals surface area contributed by atoms with Gasteiger partial charge in [0.25, 0.3) is 0 Å². The highest BCUT2D eigenvalue weighted by Crippen LogP contribution is 2.22. The van der Waals surface area contributed by atoms with E-state index in [1.54, 1.807) is 49.4 Å². The lowest BCUT2D eigenvalue weighted by molar-refractivity contribution is -0.136. The maximum atomic E-state index is 13.8. The van der Waals surface area contributed by atoms with Gasteiger partial charge in [0.15, 0.2) is 0 Å². The van der Waals surface area contributed by atoms with E-state index >= 15 is 0 Å². The predicted molar refractivity (Wildman–Crippen MR) is 127 cm³/mol. The molecule has 0 aliphatic carbocycles. The number of nitrogens with zero attached hydrogens (tertiary/aromatic N) is 1. The van der Waals surface area contributed by atoms with Crippen molar-refractivity contribution in [3.05, 3.63) is 93.8 Å². The number of halogens is 2.